The molecular formula is C55H62N7O16S6+. The van der Waals surface area contributed by atoms with Crippen molar-refractivity contribution in [3.8, 4) is 0 Å². The van der Waals surface area contributed by atoms with Gasteiger partial charge in [-0.2, -0.15) is 38.2 Å². The number of hydrogen-bond donors (Lipinski definition) is 6. The minimum atomic E-state index is -5.09. The number of aromatic nitrogens is 3. The van der Waals surface area contributed by atoms with Crippen LogP contribution in [0.1, 0.15) is 112 Å². The number of amides is 1. The van der Waals surface area contributed by atoms with E-state index in [0.29, 0.717) is 65.5 Å². The molecule has 0 spiro atoms. The lowest BCUT2D eigenvalue weighted by atomic mass is 9.79. The molecule has 4 aromatic carbocycles. The first-order chi connectivity index (χ1) is 39.1. The predicted molar refractivity (Wildman–Crippen MR) is 317 cm³/mol. The fourth-order valence-electron chi connectivity index (χ4n) is 10.8. The molecule has 6 aromatic rings. The second kappa shape index (κ2) is 24.1. The first kappa shape index (κ1) is 63.5. The third kappa shape index (κ3) is 13.9. The normalized spacial score (nSPS) is 16.1. The van der Waals surface area contributed by atoms with Crippen molar-refractivity contribution in [3.05, 3.63) is 130 Å². The monoisotopic (exact) mass is 1270 g/mol. The molecule has 8 rings (SSSR count). The van der Waals surface area contributed by atoms with Crippen molar-refractivity contribution in [2.75, 3.05) is 30.3 Å². The predicted octanol–water partition coefficient (Wildman–Crippen LogP) is 7.50. The van der Waals surface area contributed by atoms with E-state index in [9.17, 15) is 69.9 Å². The Kier molecular flexibility index (Phi) is 18.2. The number of allylic oxidation sites excluding steroid dienone is 6. The van der Waals surface area contributed by atoms with Crippen molar-refractivity contribution < 1.29 is 74.5 Å². The van der Waals surface area contributed by atoms with Crippen LogP contribution in [0.25, 0.3) is 27.1 Å². The van der Waals surface area contributed by atoms with E-state index in [1.165, 1.54) is 30.5 Å². The Labute approximate surface area is 491 Å². The summed E-state index contributed by atoms with van der Waals surface area (Å²) < 4.78 is 165. The third-order valence-electron chi connectivity index (χ3n) is 14.7. The number of pyridine rings is 1. The maximum Gasteiger partial charge on any atom is 0.295 e. The highest BCUT2D eigenvalue weighted by atomic mass is 32.3. The Morgan fingerprint density at radius 1 is 0.750 bits per heavy atom. The van der Waals surface area contributed by atoms with Gasteiger partial charge >= 0.3 is 0 Å². The molecule has 0 saturated carbocycles. The maximum atomic E-state index is 13.5. The van der Waals surface area contributed by atoms with E-state index in [-0.39, 0.29) is 68.7 Å². The maximum absolute atomic E-state index is 13.5. The number of nitrogens with zero attached hydrogens (tertiary/aromatic N) is 5. The van der Waals surface area contributed by atoms with Crippen LogP contribution in [0.15, 0.2) is 122 Å². The average molecular weight is 1270 g/mol. The second-order valence-corrected chi connectivity index (χ2v) is 30.0. The van der Waals surface area contributed by atoms with Gasteiger partial charge in [-0.15, -0.1) is 10.2 Å². The quantitative estimate of drug-likeness (QED) is 0.0148. The number of rotatable bonds is 24. The lowest BCUT2D eigenvalue weighted by Crippen LogP contribution is -2.28. The summed E-state index contributed by atoms with van der Waals surface area (Å²) in [6, 6.07) is 16.1. The van der Waals surface area contributed by atoms with Gasteiger partial charge in [0.05, 0.1) is 38.6 Å². The second-order valence-electron chi connectivity index (χ2n) is 21.4. The van der Waals surface area contributed by atoms with Gasteiger partial charge in [-0.3, -0.25) is 32.8 Å². The molecule has 2 aliphatic rings. The van der Waals surface area contributed by atoms with Crippen molar-refractivity contribution in [3.63, 3.8) is 0 Å². The highest BCUT2D eigenvalue weighted by Crippen LogP contribution is 2.52. The summed E-state index contributed by atoms with van der Waals surface area (Å²) >= 11 is 0.733. The lowest BCUT2D eigenvalue weighted by Gasteiger charge is -2.27. The SMILES string of the molecule is CCCC[N+]1=C(/C=C/C(=C/C=C2/N(CCCS(=O)(=O)O)c3ccc4c(S(=O)(=O)O)cc(S(=O)(=O)O)cc4c3C2(C)C)c2ccc(C(=O)NCCCCCC(=O)Cc3nnc(S(N)(=O)=O)s3)cn2)C(C)(C)c2c1ccc1ccc(S(=O)(=O)O)cc21. The van der Waals surface area contributed by atoms with Crippen LogP contribution >= 0.6 is 11.3 Å². The number of nitrogens with one attached hydrogen (secondary N) is 1. The van der Waals surface area contributed by atoms with Crippen LogP contribution in [0.4, 0.5) is 11.4 Å². The van der Waals surface area contributed by atoms with Gasteiger partial charge in [0.25, 0.3) is 56.4 Å². The van der Waals surface area contributed by atoms with E-state index in [1.807, 2.05) is 45.1 Å². The van der Waals surface area contributed by atoms with E-state index in [4.69, 9.17) is 10.1 Å². The Balaban J connectivity index is 1.18. The minimum absolute atomic E-state index is 0.0335. The number of ketones is 1. The Morgan fingerprint density at radius 2 is 1.45 bits per heavy atom. The summed E-state index contributed by atoms with van der Waals surface area (Å²) in [7, 11) is -23.2. The number of Topliss-reactive ketones (excluding diaryl/α,β-unsaturated/α-hetero) is 1. The number of carbonyl (C=O) groups is 2. The van der Waals surface area contributed by atoms with E-state index in [0.717, 1.165) is 52.6 Å². The standard InChI is InChI=1S/C55H61N7O16S6/c1-6-7-26-61-44-21-15-34-13-18-38(82(70,71)72)30-41(34)50(44)54(2,3)47(61)23-16-35(43-20-14-36(33-58-43)52(64)57-25-10-8-9-12-37(63)29-49-59-60-53(79-49)81(56,68)69)17-24-48-55(4,5)51-42-31-39(83(73,74)75)32-46(84(76,77)78)40(42)19-22-45(51)62(48)27-11-28-80(65,66)67/h13-24,30-33H,6-12,25-29H2,1-5H3,(H6-,56,57,64,65,66,67,68,69,70,71,72,73,74,75,76,77,78)/p+1. The van der Waals surface area contributed by atoms with E-state index < -0.39 is 82.8 Å². The largest absolute Gasteiger partial charge is 0.352 e. The van der Waals surface area contributed by atoms with Crippen molar-refractivity contribution in [2.24, 2.45) is 5.14 Å². The zero-order chi connectivity index (χ0) is 61.5. The Bertz CT molecular complexity index is 4380. The molecule has 7 N–H and O–H groups in total. The van der Waals surface area contributed by atoms with Crippen LogP contribution in [-0.4, -0.2) is 123 Å². The number of carbonyl (C=O) groups excluding carboxylic acids is 2. The molecule has 2 aliphatic heterocycles. The van der Waals surface area contributed by atoms with Gasteiger partial charge in [-0.1, -0.05) is 63.2 Å². The van der Waals surface area contributed by atoms with Crippen LogP contribution in [0.2, 0.25) is 0 Å². The molecule has 0 unspecified atom stereocenters. The fourth-order valence-corrected chi connectivity index (χ4v) is 14.6. The number of sulfonamides is 1. The summed E-state index contributed by atoms with van der Waals surface area (Å²) in [5, 5.41) is 16.8. The highest BCUT2D eigenvalue weighted by molar-refractivity contribution is 7.91. The topological polar surface area (TPSA) is 369 Å². The van der Waals surface area contributed by atoms with Gasteiger partial charge < -0.3 is 10.2 Å². The molecule has 23 nitrogen and oxygen atoms in total. The molecular weight excluding hydrogens is 1210 g/mol. The Morgan fingerprint density at radius 3 is 2.08 bits per heavy atom. The smallest absolute Gasteiger partial charge is 0.295 e. The zero-order valence-electron chi connectivity index (χ0n) is 46.2. The van der Waals surface area contributed by atoms with Crippen molar-refractivity contribution >= 4 is 118 Å². The number of anilines is 1. The molecule has 0 fully saturated rings. The first-order valence-electron chi connectivity index (χ1n) is 26.3. The third-order valence-corrected chi connectivity index (χ3v) is 20.3. The number of hydrogen-bond acceptors (Lipinski definition) is 17. The number of benzene rings is 4. The molecule has 0 atom stereocenters. The molecule has 0 bridgehead atoms. The van der Waals surface area contributed by atoms with Gasteiger partial charge in [0, 0.05) is 77.6 Å². The molecule has 448 valence electrons. The molecule has 0 radical (unpaired) electrons. The summed E-state index contributed by atoms with van der Waals surface area (Å²) in [5.74, 6) is -1.24. The molecule has 29 heteroatoms. The first-order valence-corrected chi connectivity index (χ1v) is 34.6. The van der Waals surface area contributed by atoms with Gasteiger partial charge in [0.1, 0.15) is 22.2 Å². The summed E-state index contributed by atoms with van der Waals surface area (Å²) in [5.41, 5.74) is 2.71. The molecule has 0 saturated heterocycles. The number of unbranched alkanes of at least 4 members (excludes halogenated alkanes) is 3. The minimum Gasteiger partial charge on any atom is -0.352 e. The lowest BCUT2D eigenvalue weighted by molar-refractivity contribution is -0.438. The number of primary sulfonamides is 1. The van der Waals surface area contributed by atoms with E-state index in [2.05, 4.69) is 20.1 Å². The molecule has 0 aliphatic carbocycles. The van der Waals surface area contributed by atoms with Gasteiger partial charge in [-0.05, 0) is 116 Å². The van der Waals surface area contributed by atoms with Crippen LogP contribution in [0.5, 0.6) is 0 Å². The molecule has 2 aromatic heterocycles. The van der Waals surface area contributed by atoms with E-state index >= 15 is 0 Å². The fraction of sp³-hybridized carbons (Fsp3) is 0.345. The average Bonchev–Trinajstić information content (AvgIpc) is 1.97. The summed E-state index contributed by atoms with van der Waals surface area (Å²) in [6.07, 6.45) is 11.8. The molecule has 4 heterocycles. The number of nitrogens with two attached hydrogens (primary N) is 1. The van der Waals surface area contributed by atoms with Crippen molar-refractivity contribution in [2.45, 2.75) is 116 Å². The Hall–Kier alpha value is -6.51. The summed E-state index contributed by atoms with van der Waals surface area (Å²) in [6.45, 7) is 10.4. The van der Waals surface area contributed by atoms with Crippen molar-refractivity contribution in [1.82, 2.24) is 20.5 Å². The van der Waals surface area contributed by atoms with Crippen LogP contribution in [0.3, 0.4) is 0 Å². The van der Waals surface area contributed by atoms with Crippen LogP contribution in [-0.2, 0) is 72.5 Å². The van der Waals surface area contributed by atoms with Crippen molar-refractivity contribution in [1.29, 1.82) is 0 Å². The van der Waals surface area contributed by atoms with Gasteiger partial charge in [-0.25, -0.2) is 13.6 Å². The number of fused-ring (bicyclic) bond motifs is 6. The molecule has 1 amide bonds. The molecule has 84 heavy (non-hydrogen) atoms. The zero-order valence-corrected chi connectivity index (χ0v) is 51.1. The van der Waals surface area contributed by atoms with Gasteiger partial charge in [0.2, 0.25) is 10.0 Å². The van der Waals surface area contributed by atoms with Crippen LogP contribution in [0, 0.1) is 0 Å². The summed E-state index contributed by atoms with van der Waals surface area (Å²) in [4.78, 5) is 30.7. The van der Waals surface area contributed by atoms with Gasteiger partial charge in [0.15, 0.2) is 5.71 Å². The van der Waals surface area contributed by atoms with Crippen LogP contribution < -0.4 is 15.4 Å². The highest BCUT2D eigenvalue weighted by Gasteiger charge is 2.46. The van der Waals surface area contributed by atoms with E-state index in [1.54, 1.807) is 49.1 Å².